The van der Waals surface area contributed by atoms with Crippen molar-refractivity contribution >= 4 is 37.1 Å². The smallest absolute Gasteiger partial charge is 0.261 e. The summed E-state index contributed by atoms with van der Waals surface area (Å²) in [5, 5.41) is 0.169. The Bertz CT molecular complexity index is 922. The zero-order valence-electron chi connectivity index (χ0n) is 12.3. The molecule has 2 rings (SSSR count). The molecule has 0 fully saturated rings. The van der Waals surface area contributed by atoms with Gasteiger partial charge in [0.15, 0.2) is 9.84 Å². The van der Waals surface area contributed by atoms with Crippen LogP contribution in [0.1, 0.15) is 0 Å². The number of sulfonamides is 1. The van der Waals surface area contributed by atoms with E-state index in [2.05, 4.69) is 4.72 Å². The van der Waals surface area contributed by atoms with Gasteiger partial charge in [-0.3, -0.25) is 4.72 Å². The van der Waals surface area contributed by atoms with Crippen molar-refractivity contribution < 1.29 is 21.6 Å². The maximum atomic E-state index is 12.3. The van der Waals surface area contributed by atoms with E-state index in [1.807, 2.05) is 0 Å². The van der Waals surface area contributed by atoms with Gasteiger partial charge in [0.2, 0.25) is 0 Å². The normalized spacial score (nSPS) is 12.0. The number of anilines is 1. The molecule has 0 saturated heterocycles. The molecule has 0 spiro atoms. The van der Waals surface area contributed by atoms with E-state index in [0.717, 1.165) is 6.26 Å². The van der Waals surface area contributed by atoms with Crippen LogP contribution >= 0.6 is 11.6 Å². The summed E-state index contributed by atoms with van der Waals surface area (Å²) in [4.78, 5) is 0.0726. The van der Waals surface area contributed by atoms with E-state index >= 15 is 0 Å². The molecule has 124 valence electrons. The fourth-order valence-electron chi connectivity index (χ4n) is 1.80. The first-order chi connectivity index (χ1) is 10.6. The van der Waals surface area contributed by atoms with Crippen molar-refractivity contribution in [2.24, 2.45) is 0 Å². The molecule has 0 saturated carbocycles. The molecule has 23 heavy (non-hydrogen) atoms. The Hall–Kier alpha value is -1.77. The fraction of sp³-hybridized carbons (Fsp3) is 0.143. The molecule has 0 unspecified atom stereocenters. The second-order valence-electron chi connectivity index (χ2n) is 4.70. The number of rotatable bonds is 5. The van der Waals surface area contributed by atoms with Gasteiger partial charge in [-0.25, -0.2) is 16.8 Å². The van der Waals surface area contributed by atoms with Crippen LogP contribution in [0, 0.1) is 0 Å². The first kappa shape index (κ1) is 17.6. The Labute approximate surface area is 140 Å². The zero-order valence-corrected chi connectivity index (χ0v) is 14.7. The summed E-state index contributed by atoms with van der Waals surface area (Å²) in [6.45, 7) is 0. The van der Waals surface area contributed by atoms with Gasteiger partial charge in [-0.15, -0.1) is 0 Å². The Balaban J connectivity index is 2.29. The van der Waals surface area contributed by atoms with Gasteiger partial charge in [-0.05, 0) is 42.5 Å². The van der Waals surface area contributed by atoms with Gasteiger partial charge in [-0.2, -0.15) is 0 Å². The van der Waals surface area contributed by atoms with Crippen molar-refractivity contribution in [2.75, 3.05) is 18.1 Å². The SMILES string of the molecule is COc1ccc(S(=O)(=O)Nc2ccc(S(C)(=O)=O)cc2)cc1Cl. The molecular weight excluding hydrogens is 362 g/mol. The van der Waals surface area contributed by atoms with Gasteiger partial charge in [0, 0.05) is 11.9 Å². The first-order valence-electron chi connectivity index (χ1n) is 6.30. The second kappa shape index (κ2) is 6.38. The largest absolute Gasteiger partial charge is 0.495 e. The maximum absolute atomic E-state index is 12.3. The monoisotopic (exact) mass is 375 g/mol. The molecule has 0 heterocycles. The van der Waals surface area contributed by atoms with Crippen LogP contribution in [0.2, 0.25) is 5.02 Å². The van der Waals surface area contributed by atoms with Crippen LogP contribution in [-0.4, -0.2) is 30.2 Å². The van der Waals surface area contributed by atoms with Gasteiger partial charge in [-0.1, -0.05) is 11.6 Å². The predicted octanol–water partition coefficient (Wildman–Crippen LogP) is 2.55. The highest BCUT2D eigenvalue weighted by Gasteiger charge is 2.16. The molecule has 0 aromatic heterocycles. The van der Waals surface area contributed by atoms with E-state index < -0.39 is 19.9 Å². The third-order valence-electron chi connectivity index (χ3n) is 2.97. The topological polar surface area (TPSA) is 89.5 Å². The Kier molecular flexibility index (Phi) is 4.88. The third kappa shape index (κ3) is 4.15. The predicted molar refractivity (Wildman–Crippen MR) is 88.4 cm³/mol. The van der Waals surface area contributed by atoms with Crippen LogP contribution < -0.4 is 9.46 Å². The molecule has 9 heteroatoms. The van der Waals surface area contributed by atoms with E-state index in [0.29, 0.717) is 5.75 Å². The molecule has 0 aliphatic carbocycles. The fourth-order valence-corrected chi connectivity index (χ4v) is 3.84. The van der Waals surface area contributed by atoms with Crippen LogP contribution in [0.3, 0.4) is 0 Å². The molecule has 2 aromatic rings. The number of sulfone groups is 1. The van der Waals surface area contributed by atoms with Crippen molar-refractivity contribution in [1.29, 1.82) is 0 Å². The van der Waals surface area contributed by atoms with Crippen molar-refractivity contribution in [1.82, 2.24) is 0 Å². The van der Waals surface area contributed by atoms with Crippen molar-refractivity contribution in [3.05, 3.63) is 47.5 Å². The number of hydrogen-bond acceptors (Lipinski definition) is 5. The minimum Gasteiger partial charge on any atom is -0.495 e. The standard InChI is InChI=1S/C14H14ClNO5S2/c1-21-14-8-7-12(9-13(14)15)23(19,20)16-10-3-5-11(6-4-10)22(2,17)18/h3-9,16H,1-2H3. The molecule has 6 nitrogen and oxygen atoms in total. The van der Waals surface area contributed by atoms with Crippen LogP contribution in [0.5, 0.6) is 5.75 Å². The number of benzene rings is 2. The van der Waals surface area contributed by atoms with E-state index in [9.17, 15) is 16.8 Å². The van der Waals surface area contributed by atoms with Crippen molar-refractivity contribution in [3.63, 3.8) is 0 Å². The highest BCUT2D eigenvalue weighted by Crippen LogP contribution is 2.28. The number of ether oxygens (including phenoxy) is 1. The Morgan fingerprint density at radius 2 is 1.52 bits per heavy atom. The lowest BCUT2D eigenvalue weighted by atomic mass is 10.3. The first-order valence-corrected chi connectivity index (χ1v) is 10.1. The van der Waals surface area contributed by atoms with Crippen molar-refractivity contribution in [3.8, 4) is 5.75 Å². The Morgan fingerprint density at radius 1 is 0.957 bits per heavy atom. The lowest BCUT2D eigenvalue weighted by molar-refractivity contribution is 0.414. The molecule has 0 atom stereocenters. The van der Waals surface area contributed by atoms with Gasteiger partial charge in [0.1, 0.15) is 5.75 Å². The molecular formula is C14H14ClNO5S2. The number of hydrogen-bond donors (Lipinski definition) is 1. The summed E-state index contributed by atoms with van der Waals surface area (Å²) < 4.78 is 54.7. The van der Waals surface area contributed by atoms with E-state index in [1.165, 1.54) is 49.6 Å². The van der Waals surface area contributed by atoms with Crippen LogP contribution in [-0.2, 0) is 19.9 Å². The quantitative estimate of drug-likeness (QED) is 0.867. The molecule has 0 aliphatic rings. The van der Waals surface area contributed by atoms with Crippen LogP contribution in [0.15, 0.2) is 52.3 Å². The average molecular weight is 376 g/mol. The summed E-state index contributed by atoms with van der Waals surface area (Å²) in [5.41, 5.74) is 0.240. The highest BCUT2D eigenvalue weighted by atomic mass is 35.5. The molecule has 0 radical (unpaired) electrons. The summed E-state index contributed by atoms with van der Waals surface area (Å²) in [6, 6.07) is 9.48. The molecule has 2 aromatic carbocycles. The summed E-state index contributed by atoms with van der Waals surface area (Å²) in [6.07, 6.45) is 1.07. The highest BCUT2D eigenvalue weighted by molar-refractivity contribution is 7.92. The second-order valence-corrected chi connectivity index (χ2v) is 8.80. The van der Waals surface area contributed by atoms with E-state index in [4.69, 9.17) is 16.3 Å². The Morgan fingerprint density at radius 3 is 2.00 bits per heavy atom. The van der Waals surface area contributed by atoms with Gasteiger partial charge in [0.05, 0.1) is 21.9 Å². The van der Waals surface area contributed by atoms with Gasteiger partial charge in [0.25, 0.3) is 10.0 Å². The summed E-state index contributed by atoms with van der Waals surface area (Å²) in [7, 11) is -5.76. The lowest BCUT2D eigenvalue weighted by Gasteiger charge is -2.10. The zero-order chi connectivity index (χ0) is 17.3. The summed E-state index contributed by atoms with van der Waals surface area (Å²) >= 11 is 5.93. The number of nitrogens with one attached hydrogen (secondary N) is 1. The maximum Gasteiger partial charge on any atom is 0.261 e. The third-order valence-corrected chi connectivity index (χ3v) is 5.77. The van der Waals surface area contributed by atoms with Crippen LogP contribution in [0.4, 0.5) is 5.69 Å². The van der Waals surface area contributed by atoms with E-state index in [1.54, 1.807) is 0 Å². The molecule has 0 bridgehead atoms. The minimum atomic E-state index is -3.85. The van der Waals surface area contributed by atoms with Crippen LogP contribution in [0.25, 0.3) is 0 Å². The number of methoxy groups -OCH3 is 1. The van der Waals surface area contributed by atoms with Gasteiger partial charge < -0.3 is 4.74 Å². The summed E-state index contributed by atoms with van der Waals surface area (Å²) in [5.74, 6) is 0.364. The molecule has 1 N–H and O–H groups in total. The average Bonchev–Trinajstić information content (AvgIpc) is 2.46. The number of halogens is 1. The lowest BCUT2D eigenvalue weighted by Crippen LogP contribution is -2.13. The molecule has 0 aliphatic heterocycles. The van der Waals surface area contributed by atoms with Gasteiger partial charge >= 0.3 is 0 Å². The van der Waals surface area contributed by atoms with Crippen molar-refractivity contribution in [2.45, 2.75) is 9.79 Å². The van der Waals surface area contributed by atoms with E-state index in [-0.39, 0.29) is 20.5 Å². The molecule has 0 amide bonds. The minimum absolute atomic E-state index is 0.0320.